The quantitative estimate of drug-likeness (QED) is 0.389. The number of benzene rings is 2. The van der Waals surface area contributed by atoms with Gasteiger partial charge in [-0.05, 0) is 54.4 Å². The van der Waals surface area contributed by atoms with Crippen LogP contribution >= 0.6 is 0 Å². The average molecular weight is 470 g/mol. The summed E-state index contributed by atoms with van der Waals surface area (Å²) < 4.78 is 9.87. The zero-order valence-electron chi connectivity index (χ0n) is 19.2. The maximum absolute atomic E-state index is 11.2. The lowest BCUT2D eigenvalue weighted by Crippen LogP contribution is -2.47. The summed E-state index contributed by atoms with van der Waals surface area (Å²) >= 11 is 0. The van der Waals surface area contributed by atoms with Crippen molar-refractivity contribution in [2.45, 2.75) is 12.8 Å². The van der Waals surface area contributed by atoms with E-state index in [1.54, 1.807) is 10.8 Å². The van der Waals surface area contributed by atoms with Crippen molar-refractivity contribution in [3.63, 3.8) is 0 Å². The van der Waals surface area contributed by atoms with E-state index in [4.69, 9.17) is 9.84 Å². The standard InChI is InChI=1S/C25H23N7O3/c1-15-9-17(3-6-22(15)35-18-4-5-21-20(10-18)27-14-30(21)2)29-24-23-19(7-8-32(23)28-13-26-24)16-11-31(12-16)25(33)34/h3-10,13-14,16H,11-12H2,1-2H3,(H,33,34)(H,26,28,29). The van der Waals surface area contributed by atoms with Gasteiger partial charge in [0.05, 0.1) is 17.4 Å². The van der Waals surface area contributed by atoms with Gasteiger partial charge in [0.2, 0.25) is 0 Å². The van der Waals surface area contributed by atoms with Gasteiger partial charge < -0.3 is 24.6 Å². The third kappa shape index (κ3) is 3.68. The van der Waals surface area contributed by atoms with Gasteiger partial charge in [-0.25, -0.2) is 19.3 Å². The first-order valence-corrected chi connectivity index (χ1v) is 11.2. The third-order valence-corrected chi connectivity index (χ3v) is 6.44. The van der Waals surface area contributed by atoms with E-state index in [-0.39, 0.29) is 5.92 Å². The number of fused-ring (bicyclic) bond motifs is 2. The molecule has 0 bridgehead atoms. The second-order valence-electron chi connectivity index (χ2n) is 8.77. The molecule has 176 valence electrons. The van der Waals surface area contributed by atoms with Crippen LogP contribution in [-0.4, -0.2) is 53.3 Å². The minimum Gasteiger partial charge on any atom is -0.465 e. The fraction of sp³-hybridized carbons (Fsp3) is 0.200. The van der Waals surface area contributed by atoms with Crippen LogP contribution in [0.15, 0.2) is 61.3 Å². The van der Waals surface area contributed by atoms with E-state index in [0.717, 1.165) is 44.9 Å². The Morgan fingerprint density at radius 1 is 1.14 bits per heavy atom. The van der Waals surface area contributed by atoms with E-state index < -0.39 is 6.09 Å². The predicted molar refractivity (Wildman–Crippen MR) is 131 cm³/mol. The van der Waals surface area contributed by atoms with Gasteiger partial charge in [-0.1, -0.05) is 0 Å². The summed E-state index contributed by atoms with van der Waals surface area (Å²) in [5.74, 6) is 2.27. The molecule has 5 aromatic rings. The monoisotopic (exact) mass is 469 g/mol. The predicted octanol–water partition coefficient (Wildman–Crippen LogP) is 4.54. The van der Waals surface area contributed by atoms with E-state index in [9.17, 15) is 4.79 Å². The molecule has 2 N–H and O–H groups in total. The van der Waals surface area contributed by atoms with Crippen LogP contribution in [0.4, 0.5) is 16.3 Å². The normalized spacial score (nSPS) is 13.8. The van der Waals surface area contributed by atoms with Crippen molar-refractivity contribution in [1.82, 2.24) is 29.0 Å². The number of imidazole rings is 1. The van der Waals surface area contributed by atoms with Crippen LogP contribution in [0.5, 0.6) is 11.5 Å². The van der Waals surface area contributed by atoms with Crippen LogP contribution in [-0.2, 0) is 7.05 Å². The smallest absolute Gasteiger partial charge is 0.407 e. The molecule has 1 saturated heterocycles. The Labute approximate surface area is 200 Å². The number of carboxylic acid groups (broad SMARTS) is 1. The first kappa shape index (κ1) is 21.0. The van der Waals surface area contributed by atoms with Gasteiger partial charge in [0.15, 0.2) is 5.82 Å². The molecule has 0 aliphatic carbocycles. The lowest BCUT2D eigenvalue weighted by atomic mass is 9.92. The highest BCUT2D eigenvalue weighted by molar-refractivity contribution is 5.79. The van der Waals surface area contributed by atoms with Gasteiger partial charge in [-0.15, -0.1) is 0 Å². The molecular weight excluding hydrogens is 446 g/mol. The highest BCUT2D eigenvalue weighted by Gasteiger charge is 2.33. The Morgan fingerprint density at radius 3 is 2.80 bits per heavy atom. The van der Waals surface area contributed by atoms with Crippen molar-refractivity contribution in [2.75, 3.05) is 18.4 Å². The zero-order chi connectivity index (χ0) is 24.1. The highest BCUT2D eigenvalue weighted by atomic mass is 16.5. The minimum atomic E-state index is -0.892. The number of likely N-dealkylation sites (tertiary alicyclic amines) is 1. The maximum Gasteiger partial charge on any atom is 0.407 e. The van der Waals surface area contributed by atoms with Crippen molar-refractivity contribution in [3.8, 4) is 11.5 Å². The van der Waals surface area contributed by atoms with Crippen LogP contribution < -0.4 is 10.1 Å². The van der Waals surface area contributed by atoms with Crippen LogP contribution in [0, 0.1) is 6.92 Å². The molecule has 1 amide bonds. The summed E-state index contributed by atoms with van der Waals surface area (Å²) in [5, 5.41) is 16.9. The van der Waals surface area contributed by atoms with Crippen LogP contribution in [0.1, 0.15) is 17.0 Å². The van der Waals surface area contributed by atoms with Gasteiger partial charge in [-0.2, -0.15) is 5.10 Å². The van der Waals surface area contributed by atoms with Crippen LogP contribution in [0.25, 0.3) is 16.6 Å². The van der Waals surface area contributed by atoms with Gasteiger partial charge in [0, 0.05) is 44.0 Å². The Kier molecular flexibility index (Phi) is 4.80. The lowest BCUT2D eigenvalue weighted by Gasteiger charge is -2.37. The molecule has 0 saturated carbocycles. The van der Waals surface area contributed by atoms with E-state index >= 15 is 0 Å². The van der Waals surface area contributed by atoms with Crippen molar-refractivity contribution in [2.24, 2.45) is 7.05 Å². The Morgan fingerprint density at radius 2 is 2.00 bits per heavy atom. The second kappa shape index (κ2) is 8.01. The number of nitrogens with zero attached hydrogens (tertiary/aromatic N) is 6. The van der Waals surface area contributed by atoms with Gasteiger partial charge >= 0.3 is 6.09 Å². The molecular formula is C25H23N7O3. The van der Waals surface area contributed by atoms with Crippen molar-refractivity contribution in [1.29, 1.82) is 0 Å². The minimum absolute atomic E-state index is 0.122. The van der Waals surface area contributed by atoms with Crippen molar-refractivity contribution < 1.29 is 14.6 Å². The van der Waals surface area contributed by atoms with E-state index in [0.29, 0.717) is 18.9 Å². The topological polar surface area (TPSA) is 110 Å². The molecule has 0 radical (unpaired) electrons. The fourth-order valence-electron chi connectivity index (χ4n) is 4.52. The number of rotatable bonds is 5. The number of carbonyl (C=O) groups is 1. The molecule has 1 fully saturated rings. The van der Waals surface area contributed by atoms with Crippen molar-refractivity contribution >= 4 is 34.1 Å². The van der Waals surface area contributed by atoms with E-state index in [1.165, 1.54) is 11.2 Å². The summed E-state index contributed by atoms with van der Waals surface area (Å²) in [6.45, 7) is 2.93. The van der Waals surface area contributed by atoms with Gasteiger partial charge in [0.1, 0.15) is 23.3 Å². The molecule has 4 heterocycles. The van der Waals surface area contributed by atoms with Crippen LogP contribution in [0.3, 0.4) is 0 Å². The number of nitrogens with one attached hydrogen (secondary N) is 1. The molecule has 3 aromatic heterocycles. The van der Waals surface area contributed by atoms with E-state index in [1.807, 2.05) is 67.2 Å². The van der Waals surface area contributed by atoms with E-state index in [2.05, 4.69) is 20.4 Å². The zero-order valence-corrected chi connectivity index (χ0v) is 19.2. The number of anilines is 2. The molecule has 0 unspecified atom stereocenters. The first-order valence-electron chi connectivity index (χ1n) is 11.2. The maximum atomic E-state index is 11.2. The SMILES string of the molecule is Cc1cc(Nc2ncnn3ccc(C4CN(C(=O)O)C4)c23)ccc1Oc1ccc2c(c1)ncn2C. The molecule has 35 heavy (non-hydrogen) atoms. The van der Waals surface area contributed by atoms with Gasteiger partial charge in [-0.3, -0.25) is 0 Å². The van der Waals surface area contributed by atoms with Crippen molar-refractivity contribution in [3.05, 3.63) is 72.4 Å². The molecule has 1 aliphatic rings. The number of hydrogen-bond donors (Lipinski definition) is 2. The summed E-state index contributed by atoms with van der Waals surface area (Å²) in [6.07, 6.45) is 4.27. The number of ether oxygens (including phenoxy) is 1. The third-order valence-electron chi connectivity index (χ3n) is 6.44. The number of amides is 1. The Balaban J connectivity index is 1.24. The number of hydrogen-bond acceptors (Lipinski definition) is 6. The summed E-state index contributed by atoms with van der Waals surface area (Å²) in [6, 6.07) is 13.7. The first-order chi connectivity index (χ1) is 17.0. The Bertz CT molecular complexity index is 1580. The molecule has 6 rings (SSSR count). The highest BCUT2D eigenvalue weighted by Crippen LogP contribution is 2.35. The second-order valence-corrected chi connectivity index (χ2v) is 8.77. The molecule has 0 atom stereocenters. The summed E-state index contributed by atoms with van der Waals surface area (Å²) in [7, 11) is 1.96. The molecule has 10 heteroatoms. The fourth-order valence-corrected chi connectivity index (χ4v) is 4.52. The number of aromatic nitrogens is 5. The summed E-state index contributed by atoms with van der Waals surface area (Å²) in [4.78, 5) is 21.4. The lowest BCUT2D eigenvalue weighted by molar-refractivity contribution is 0.106. The van der Waals surface area contributed by atoms with Crippen LogP contribution in [0.2, 0.25) is 0 Å². The van der Waals surface area contributed by atoms with Gasteiger partial charge in [0.25, 0.3) is 0 Å². The molecule has 1 aliphatic heterocycles. The average Bonchev–Trinajstić information content (AvgIpc) is 3.39. The Hall–Kier alpha value is -4.60. The summed E-state index contributed by atoms with van der Waals surface area (Å²) in [5.41, 5.74) is 5.65. The largest absolute Gasteiger partial charge is 0.465 e. The number of aryl methyl sites for hydroxylation is 2. The molecule has 0 spiro atoms. The molecule has 2 aromatic carbocycles. The molecule has 10 nitrogen and oxygen atoms in total.